The number of benzene rings is 1. The van der Waals surface area contributed by atoms with Crippen molar-refractivity contribution in [2.24, 2.45) is 5.73 Å². The minimum absolute atomic E-state index is 0.0732. The highest BCUT2D eigenvalue weighted by atomic mass is 16.5. The van der Waals surface area contributed by atoms with Gasteiger partial charge in [0.1, 0.15) is 12.7 Å². The lowest BCUT2D eigenvalue weighted by Gasteiger charge is -2.25. The first-order valence-corrected chi connectivity index (χ1v) is 9.27. The van der Waals surface area contributed by atoms with Crippen LogP contribution in [0.5, 0.6) is 5.75 Å². The number of hydrogen-bond donors (Lipinski definition) is 2. The van der Waals surface area contributed by atoms with E-state index >= 15 is 0 Å². The molecule has 0 saturated heterocycles. The van der Waals surface area contributed by atoms with Crippen molar-refractivity contribution < 1.29 is 23.8 Å². The van der Waals surface area contributed by atoms with Crippen molar-refractivity contribution in [3.05, 3.63) is 78.1 Å². The number of likely N-dealkylation sites (N-methyl/N-ethyl adjacent to an activating group) is 1. The number of ether oxygens (including phenoxy) is 2. The standard InChI is InChI=1S/C22H28N2O5/c1-5-16(24(3)6-2)19(25)18(20(26)21-17(27-4)12-13-28-21)22(23)29-14-15-10-8-7-9-11-15/h5,7-13,16,20,26H,1,6,14,23H2,2-4H3/t16-,20?/m0/s1. The minimum Gasteiger partial charge on any atom is -0.493 e. The van der Waals surface area contributed by atoms with Crippen molar-refractivity contribution in [1.82, 2.24) is 4.90 Å². The summed E-state index contributed by atoms with van der Waals surface area (Å²) in [5.41, 5.74) is 6.90. The Hall–Kier alpha value is -3.03. The van der Waals surface area contributed by atoms with Crippen LogP contribution in [-0.4, -0.2) is 42.5 Å². The maximum absolute atomic E-state index is 13.3. The zero-order chi connectivity index (χ0) is 21.4. The predicted molar refractivity (Wildman–Crippen MR) is 110 cm³/mol. The molecule has 0 bridgehead atoms. The Morgan fingerprint density at radius 2 is 2.03 bits per heavy atom. The summed E-state index contributed by atoms with van der Waals surface area (Å²) in [6.45, 7) is 6.40. The van der Waals surface area contributed by atoms with Crippen LogP contribution in [-0.2, 0) is 16.1 Å². The first kappa shape index (κ1) is 22.3. The van der Waals surface area contributed by atoms with Crippen LogP contribution in [0.2, 0.25) is 0 Å². The van der Waals surface area contributed by atoms with Crippen LogP contribution in [0.3, 0.4) is 0 Å². The lowest BCUT2D eigenvalue weighted by molar-refractivity contribution is -0.120. The number of carbonyl (C=O) groups excluding carboxylic acids is 1. The number of nitrogens with two attached hydrogens (primary N) is 1. The molecule has 0 radical (unpaired) electrons. The molecule has 1 heterocycles. The lowest BCUT2D eigenvalue weighted by Crippen LogP contribution is -2.39. The molecule has 2 aromatic rings. The van der Waals surface area contributed by atoms with E-state index in [0.717, 1.165) is 5.56 Å². The highest BCUT2D eigenvalue weighted by Crippen LogP contribution is 2.33. The van der Waals surface area contributed by atoms with Gasteiger partial charge in [0.2, 0.25) is 0 Å². The summed E-state index contributed by atoms with van der Waals surface area (Å²) >= 11 is 0. The van der Waals surface area contributed by atoms with Crippen LogP contribution in [0.4, 0.5) is 0 Å². The first-order chi connectivity index (χ1) is 13.9. The van der Waals surface area contributed by atoms with Gasteiger partial charge >= 0.3 is 0 Å². The van der Waals surface area contributed by atoms with E-state index < -0.39 is 17.9 Å². The van der Waals surface area contributed by atoms with Crippen molar-refractivity contribution in [3.8, 4) is 5.75 Å². The largest absolute Gasteiger partial charge is 0.493 e. The van der Waals surface area contributed by atoms with E-state index in [0.29, 0.717) is 12.3 Å². The summed E-state index contributed by atoms with van der Waals surface area (Å²) in [5.74, 6) is -0.233. The fourth-order valence-electron chi connectivity index (χ4n) is 2.86. The van der Waals surface area contributed by atoms with Crippen LogP contribution in [0.1, 0.15) is 24.4 Å². The van der Waals surface area contributed by atoms with Gasteiger partial charge in [-0.1, -0.05) is 43.3 Å². The number of aliphatic hydroxyl groups excluding tert-OH is 1. The molecule has 156 valence electrons. The first-order valence-electron chi connectivity index (χ1n) is 9.27. The highest BCUT2D eigenvalue weighted by Gasteiger charge is 2.34. The number of furan rings is 1. The summed E-state index contributed by atoms with van der Waals surface area (Å²) in [4.78, 5) is 15.1. The number of rotatable bonds is 11. The summed E-state index contributed by atoms with van der Waals surface area (Å²) in [5, 5.41) is 11.0. The van der Waals surface area contributed by atoms with Gasteiger partial charge in [0, 0.05) is 6.07 Å². The maximum atomic E-state index is 13.3. The molecule has 0 amide bonds. The third-order valence-electron chi connectivity index (χ3n) is 4.63. The van der Waals surface area contributed by atoms with E-state index in [-0.39, 0.29) is 23.8 Å². The topological polar surface area (TPSA) is 98.2 Å². The van der Waals surface area contributed by atoms with Gasteiger partial charge in [-0.3, -0.25) is 9.69 Å². The van der Waals surface area contributed by atoms with E-state index in [2.05, 4.69) is 6.58 Å². The van der Waals surface area contributed by atoms with Crippen LogP contribution in [0.15, 0.2) is 71.2 Å². The fourth-order valence-corrected chi connectivity index (χ4v) is 2.86. The molecule has 7 nitrogen and oxygen atoms in total. The van der Waals surface area contributed by atoms with Gasteiger partial charge in [-0.15, -0.1) is 6.58 Å². The Kier molecular flexibility index (Phi) is 8.06. The van der Waals surface area contributed by atoms with Crippen molar-refractivity contribution in [2.75, 3.05) is 20.7 Å². The van der Waals surface area contributed by atoms with Crippen molar-refractivity contribution >= 4 is 5.78 Å². The van der Waals surface area contributed by atoms with Gasteiger partial charge in [-0.25, -0.2) is 0 Å². The molecule has 0 spiro atoms. The monoisotopic (exact) mass is 400 g/mol. The zero-order valence-corrected chi connectivity index (χ0v) is 17.0. The minimum atomic E-state index is -1.46. The van der Waals surface area contributed by atoms with E-state index in [1.807, 2.05) is 37.3 Å². The van der Waals surface area contributed by atoms with Gasteiger partial charge in [0.05, 0.1) is 25.0 Å². The molecule has 0 aliphatic rings. The van der Waals surface area contributed by atoms with Gasteiger partial charge in [-0.2, -0.15) is 0 Å². The Bertz CT molecular complexity index is 844. The molecule has 1 unspecified atom stereocenters. The van der Waals surface area contributed by atoms with Gasteiger partial charge in [0.15, 0.2) is 23.2 Å². The molecule has 29 heavy (non-hydrogen) atoms. The third kappa shape index (κ3) is 5.28. The average molecular weight is 400 g/mol. The van der Waals surface area contributed by atoms with Crippen LogP contribution in [0.25, 0.3) is 0 Å². The van der Waals surface area contributed by atoms with E-state index in [9.17, 15) is 9.90 Å². The quantitative estimate of drug-likeness (QED) is 0.340. The molecular weight excluding hydrogens is 372 g/mol. The highest BCUT2D eigenvalue weighted by molar-refractivity contribution is 6.02. The van der Waals surface area contributed by atoms with Crippen LogP contribution < -0.4 is 10.5 Å². The van der Waals surface area contributed by atoms with Crippen molar-refractivity contribution in [3.63, 3.8) is 0 Å². The second-order valence-corrected chi connectivity index (χ2v) is 6.43. The van der Waals surface area contributed by atoms with E-state index in [1.54, 1.807) is 18.0 Å². The summed E-state index contributed by atoms with van der Waals surface area (Å²) < 4.78 is 16.2. The predicted octanol–water partition coefficient (Wildman–Crippen LogP) is 2.78. The molecule has 3 N–H and O–H groups in total. The molecule has 0 aliphatic heterocycles. The summed E-state index contributed by atoms with van der Waals surface area (Å²) in [6, 6.07) is 10.2. The molecule has 7 heteroatoms. The van der Waals surface area contributed by atoms with Gasteiger partial charge in [-0.05, 0) is 19.2 Å². The number of ketones is 1. The van der Waals surface area contributed by atoms with Gasteiger partial charge < -0.3 is 24.7 Å². The number of methoxy groups -OCH3 is 1. The molecule has 0 aliphatic carbocycles. The number of Topliss-reactive ketones (excluding diaryl/α,β-unsaturated/α-hetero) is 1. The SMILES string of the molecule is C=C[C@@H](C(=O)C(=C(N)OCc1ccccc1)C(O)c1occc1OC)N(C)CC. The number of hydrogen-bond acceptors (Lipinski definition) is 7. The Balaban J connectivity index is 2.43. The molecule has 1 aromatic carbocycles. The lowest BCUT2D eigenvalue weighted by atomic mass is 9.96. The van der Waals surface area contributed by atoms with E-state index in [4.69, 9.17) is 19.6 Å². The zero-order valence-electron chi connectivity index (χ0n) is 17.0. The van der Waals surface area contributed by atoms with Crippen LogP contribution >= 0.6 is 0 Å². The summed E-state index contributed by atoms with van der Waals surface area (Å²) in [7, 11) is 3.22. The fraction of sp³-hybridized carbons (Fsp3) is 0.318. The molecule has 1 aromatic heterocycles. The smallest absolute Gasteiger partial charge is 0.194 e. The Morgan fingerprint density at radius 3 is 2.62 bits per heavy atom. The van der Waals surface area contributed by atoms with Gasteiger partial charge in [0.25, 0.3) is 0 Å². The molecule has 2 rings (SSSR count). The molecule has 0 fully saturated rings. The van der Waals surface area contributed by atoms with Crippen LogP contribution in [0, 0.1) is 0 Å². The normalized spacial score (nSPS) is 14.1. The average Bonchev–Trinajstić information content (AvgIpc) is 3.22. The Labute approximate surface area is 171 Å². The number of nitrogens with zero attached hydrogens (tertiary/aromatic N) is 1. The Morgan fingerprint density at radius 1 is 1.34 bits per heavy atom. The second-order valence-electron chi connectivity index (χ2n) is 6.43. The van der Waals surface area contributed by atoms with E-state index in [1.165, 1.54) is 19.4 Å². The number of aliphatic hydroxyl groups is 1. The number of carbonyl (C=O) groups is 1. The molecule has 0 saturated carbocycles. The molecule has 2 atom stereocenters. The maximum Gasteiger partial charge on any atom is 0.194 e. The van der Waals surface area contributed by atoms with Crippen molar-refractivity contribution in [1.29, 1.82) is 0 Å². The third-order valence-corrected chi connectivity index (χ3v) is 4.63. The second kappa shape index (κ2) is 10.5. The summed E-state index contributed by atoms with van der Waals surface area (Å²) in [6.07, 6.45) is 1.41. The van der Waals surface area contributed by atoms with Crippen molar-refractivity contribution in [2.45, 2.75) is 25.7 Å². The molecular formula is C22H28N2O5.